The molecule has 1 aromatic rings. The van der Waals surface area contributed by atoms with Gasteiger partial charge in [0.2, 0.25) is 0 Å². The van der Waals surface area contributed by atoms with Crippen LogP contribution >= 0.6 is 11.6 Å². The standard InChI is InChI=1S/C12H16ClNO2/c1-12(14(2)3,8-11(15)16)9-6-4-5-7-10(9)13/h4-7H,8H2,1-3H3,(H,15,16). The summed E-state index contributed by atoms with van der Waals surface area (Å²) in [5.74, 6) is -0.837. The van der Waals surface area contributed by atoms with Crippen molar-refractivity contribution in [3.05, 3.63) is 34.9 Å². The zero-order chi connectivity index (χ0) is 12.3. The Labute approximate surface area is 101 Å². The summed E-state index contributed by atoms with van der Waals surface area (Å²) in [5, 5.41) is 9.58. The number of hydrogen-bond acceptors (Lipinski definition) is 2. The van der Waals surface area contributed by atoms with Gasteiger partial charge < -0.3 is 5.11 Å². The summed E-state index contributed by atoms with van der Waals surface area (Å²) in [6.45, 7) is 1.88. The van der Waals surface area contributed by atoms with E-state index >= 15 is 0 Å². The molecule has 1 N–H and O–H groups in total. The van der Waals surface area contributed by atoms with E-state index in [-0.39, 0.29) is 6.42 Å². The van der Waals surface area contributed by atoms with E-state index in [0.717, 1.165) is 5.56 Å². The summed E-state index contributed by atoms with van der Waals surface area (Å²) in [7, 11) is 3.71. The Kier molecular flexibility index (Phi) is 3.94. The number of rotatable bonds is 4. The molecule has 1 unspecified atom stereocenters. The number of nitrogens with zero attached hydrogens (tertiary/aromatic N) is 1. The number of hydrogen-bond donors (Lipinski definition) is 1. The van der Waals surface area contributed by atoms with E-state index in [4.69, 9.17) is 16.7 Å². The zero-order valence-corrected chi connectivity index (χ0v) is 10.5. The molecule has 1 atom stereocenters. The van der Waals surface area contributed by atoms with Crippen LogP contribution in [0.25, 0.3) is 0 Å². The number of carboxylic acid groups (broad SMARTS) is 1. The fraction of sp³-hybridized carbons (Fsp3) is 0.417. The maximum absolute atomic E-state index is 10.9. The molecule has 0 aliphatic rings. The van der Waals surface area contributed by atoms with Crippen molar-refractivity contribution in [2.75, 3.05) is 14.1 Å². The molecule has 0 spiro atoms. The van der Waals surface area contributed by atoms with Crippen molar-refractivity contribution in [3.8, 4) is 0 Å². The van der Waals surface area contributed by atoms with Gasteiger partial charge in [-0.2, -0.15) is 0 Å². The van der Waals surface area contributed by atoms with Crippen LogP contribution in [-0.2, 0) is 10.3 Å². The zero-order valence-electron chi connectivity index (χ0n) is 9.70. The maximum atomic E-state index is 10.9. The van der Waals surface area contributed by atoms with E-state index in [1.165, 1.54) is 0 Å². The predicted octanol–water partition coefficient (Wildman–Crippen LogP) is 2.59. The Bertz CT molecular complexity index is 392. The minimum Gasteiger partial charge on any atom is -0.481 e. The van der Waals surface area contributed by atoms with E-state index in [1.807, 2.05) is 44.1 Å². The van der Waals surface area contributed by atoms with Crippen LogP contribution in [0, 0.1) is 0 Å². The largest absolute Gasteiger partial charge is 0.481 e. The number of halogens is 1. The van der Waals surface area contributed by atoms with Gasteiger partial charge in [-0.3, -0.25) is 9.69 Å². The van der Waals surface area contributed by atoms with Gasteiger partial charge in [-0.25, -0.2) is 0 Å². The highest BCUT2D eigenvalue weighted by Crippen LogP contribution is 2.34. The molecule has 0 heterocycles. The van der Waals surface area contributed by atoms with Crippen LogP contribution in [0.5, 0.6) is 0 Å². The molecule has 88 valence electrons. The average molecular weight is 242 g/mol. The van der Waals surface area contributed by atoms with E-state index in [1.54, 1.807) is 6.07 Å². The molecule has 0 aromatic heterocycles. The fourth-order valence-electron chi connectivity index (χ4n) is 1.69. The number of carboxylic acids is 1. The Morgan fingerprint density at radius 1 is 1.44 bits per heavy atom. The van der Waals surface area contributed by atoms with Gasteiger partial charge in [0.25, 0.3) is 0 Å². The summed E-state index contributed by atoms with van der Waals surface area (Å²) < 4.78 is 0. The van der Waals surface area contributed by atoms with Crippen molar-refractivity contribution < 1.29 is 9.90 Å². The fourth-order valence-corrected chi connectivity index (χ4v) is 2.03. The van der Waals surface area contributed by atoms with Gasteiger partial charge in [-0.1, -0.05) is 29.8 Å². The number of benzene rings is 1. The summed E-state index contributed by atoms with van der Waals surface area (Å²) in [6.07, 6.45) is 0.0176. The van der Waals surface area contributed by atoms with Crippen molar-refractivity contribution in [1.82, 2.24) is 4.90 Å². The Balaban J connectivity index is 3.21. The molecule has 0 radical (unpaired) electrons. The number of aliphatic carboxylic acids is 1. The lowest BCUT2D eigenvalue weighted by Gasteiger charge is -2.36. The third-order valence-electron chi connectivity index (χ3n) is 2.94. The lowest BCUT2D eigenvalue weighted by molar-refractivity contribution is -0.140. The van der Waals surface area contributed by atoms with Gasteiger partial charge in [-0.15, -0.1) is 0 Å². The van der Waals surface area contributed by atoms with Crippen molar-refractivity contribution in [2.24, 2.45) is 0 Å². The lowest BCUT2D eigenvalue weighted by Crippen LogP contribution is -2.40. The summed E-state index contributed by atoms with van der Waals surface area (Å²) in [6, 6.07) is 7.35. The van der Waals surface area contributed by atoms with E-state index in [0.29, 0.717) is 5.02 Å². The Hall–Kier alpha value is -1.06. The van der Waals surface area contributed by atoms with Crippen molar-refractivity contribution >= 4 is 17.6 Å². The third-order valence-corrected chi connectivity index (χ3v) is 3.27. The van der Waals surface area contributed by atoms with Gasteiger partial charge in [0.15, 0.2) is 0 Å². The third kappa shape index (κ3) is 2.54. The number of carbonyl (C=O) groups is 1. The molecule has 0 saturated carbocycles. The van der Waals surface area contributed by atoms with E-state index in [2.05, 4.69) is 0 Å². The Morgan fingerprint density at radius 2 is 2.00 bits per heavy atom. The molecule has 16 heavy (non-hydrogen) atoms. The smallest absolute Gasteiger partial charge is 0.305 e. The SMILES string of the molecule is CN(C)C(C)(CC(=O)O)c1ccccc1Cl. The van der Waals surface area contributed by atoms with Crippen molar-refractivity contribution in [3.63, 3.8) is 0 Å². The first kappa shape index (κ1) is 13.0. The summed E-state index contributed by atoms with van der Waals surface area (Å²) in [4.78, 5) is 12.8. The van der Waals surface area contributed by atoms with Gasteiger partial charge in [0.1, 0.15) is 0 Å². The first-order valence-electron chi connectivity index (χ1n) is 5.02. The second-order valence-electron chi connectivity index (χ2n) is 4.22. The van der Waals surface area contributed by atoms with Crippen LogP contribution in [0.3, 0.4) is 0 Å². The highest BCUT2D eigenvalue weighted by Gasteiger charge is 2.33. The first-order valence-corrected chi connectivity index (χ1v) is 5.40. The molecule has 1 rings (SSSR count). The monoisotopic (exact) mass is 241 g/mol. The molecule has 4 heteroatoms. The minimum atomic E-state index is -0.837. The normalized spacial score (nSPS) is 14.8. The highest BCUT2D eigenvalue weighted by atomic mass is 35.5. The maximum Gasteiger partial charge on any atom is 0.305 e. The molecule has 0 bridgehead atoms. The summed E-state index contributed by atoms with van der Waals surface area (Å²) in [5.41, 5.74) is 0.244. The second-order valence-corrected chi connectivity index (χ2v) is 4.63. The van der Waals surface area contributed by atoms with Crippen LogP contribution in [0.15, 0.2) is 24.3 Å². The summed E-state index contributed by atoms with van der Waals surface area (Å²) >= 11 is 6.12. The van der Waals surface area contributed by atoms with Crippen LogP contribution in [-0.4, -0.2) is 30.1 Å². The van der Waals surface area contributed by atoms with Gasteiger partial charge in [0.05, 0.1) is 12.0 Å². The minimum absolute atomic E-state index is 0.0176. The average Bonchev–Trinajstić information content (AvgIpc) is 2.16. The van der Waals surface area contributed by atoms with Gasteiger partial charge in [-0.05, 0) is 32.6 Å². The Morgan fingerprint density at radius 3 is 2.44 bits per heavy atom. The predicted molar refractivity (Wildman–Crippen MR) is 64.7 cm³/mol. The molecule has 0 saturated heterocycles. The first-order chi connectivity index (χ1) is 7.38. The quantitative estimate of drug-likeness (QED) is 0.881. The molecule has 0 amide bonds. The molecule has 0 fully saturated rings. The lowest BCUT2D eigenvalue weighted by atomic mass is 9.87. The molecular formula is C12H16ClNO2. The van der Waals surface area contributed by atoms with Crippen molar-refractivity contribution in [1.29, 1.82) is 0 Å². The van der Waals surface area contributed by atoms with E-state index in [9.17, 15) is 4.79 Å². The molecule has 0 aliphatic carbocycles. The van der Waals surface area contributed by atoms with E-state index < -0.39 is 11.5 Å². The van der Waals surface area contributed by atoms with Crippen molar-refractivity contribution in [2.45, 2.75) is 18.9 Å². The van der Waals surface area contributed by atoms with Gasteiger partial charge in [0, 0.05) is 5.02 Å². The van der Waals surface area contributed by atoms with Crippen LogP contribution in [0.1, 0.15) is 18.9 Å². The highest BCUT2D eigenvalue weighted by molar-refractivity contribution is 6.31. The topological polar surface area (TPSA) is 40.5 Å². The second kappa shape index (κ2) is 4.85. The van der Waals surface area contributed by atoms with Gasteiger partial charge >= 0.3 is 5.97 Å². The molecule has 0 aliphatic heterocycles. The van der Waals surface area contributed by atoms with Crippen LogP contribution < -0.4 is 0 Å². The molecule has 1 aromatic carbocycles. The molecule has 3 nitrogen and oxygen atoms in total. The molecular weight excluding hydrogens is 226 g/mol. The van der Waals surface area contributed by atoms with Crippen LogP contribution in [0.4, 0.5) is 0 Å². The van der Waals surface area contributed by atoms with Crippen LogP contribution in [0.2, 0.25) is 5.02 Å².